The van der Waals surface area contributed by atoms with E-state index in [1.54, 1.807) is 53.4 Å². The van der Waals surface area contributed by atoms with Crippen molar-refractivity contribution < 1.29 is 23.9 Å². The van der Waals surface area contributed by atoms with Crippen molar-refractivity contribution in [1.82, 2.24) is 4.90 Å². The summed E-state index contributed by atoms with van der Waals surface area (Å²) in [5.41, 5.74) is 1.70. The maximum absolute atomic E-state index is 12.3. The number of hydrogen-bond acceptors (Lipinski definition) is 5. The van der Waals surface area contributed by atoms with Crippen LogP contribution in [0.4, 0.5) is 5.69 Å². The first kappa shape index (κ1) is 22.1. The fourth-order valence-corrected chi connectivity index (χ4v) is 2.80. The Balaban J connectivity index is 1.89. The lowest BCUT2D eigenvalue weighted by Crippen LogP contribution is -2.30. The average Bonchev–Trinajstić information content (AvgIpc) is 2.75. The van der Waals surface area contributed by atoms with E-state index >= 15 is 0 Å². The highest BCUT2D eigenvalue weighted by Gasteiger charge is 2.22. The number of nitrogens with one attached hydrogen (secondary N) is 1. The Kier molecular flexibility index (Phi) is 8.36. The largest absolute Gasteiger partial charge is 0.453 e. The molecule has 0 aliphatic carbocycles. The lowest BCUT2D eigenvalue weighted by Gasteiger charge is -2.18. The molecular weight excluding hydrogens is 372 g/mol. The second kappa shape index (κ2) is 11.0. The van der Waals surface area contributed by atoms with Crippen LogP contribution in [0.15, 0.2) is 54.6 Å². The van der Waals surface area contributed by atoms with E-state index in [4.69, 9.17) is 9.47 Å². The van der Waals surface area contributed by atoms with Crippen LogP contribution in [0.25, 0.3) is 0 Å². The highest BCUT2D eigenvalue weighted by atomic mass is 16.6. The molecule has 0 fully saturated rings. The molecule has 1 N–H and O–H groups in total. The second-order valence-electron chi connectivity index (χ2n) is 6.24. The van der Waals surface area contributed by atoms with Gasteiger partial charge in [-0.25, -0.2) is 4.79 Å². The fourth-order valence-electron chi connectivity index (χ4n) is 2.80. The van der Waals surface area contributed by atoms with E-state index in [-0.39, 0.29) is 5.91 Å². The number of benzene rings is 2. The van der Waals surface area contributed by atoms with E-state index in [9.17, 15) is 14.4 Å². The van der Waals surface area contributed by atoms with Crippen LogP contribution in [0.5, 0.6) is 0 Å². The van der Waals surface area contributed by atoms with Crippen molar-refractivity contribution in [2.24, 2.45) is 0 Å². The Bertz CT molecular complexity index is 817. The molecule has 0 aromatic heterocycles. The van der Waals surface area contributed by atoms with Crippen LogP contribution < -0.4 is 5.32 Å². The molecule has 0 saturated carbocycles. The van der Waals surface area contributed by atoms with Gasteiger partial charge in [-0.1, -0.05) is 30.3 Å². The molecule has 2 amide bonds. The van der Waals surface area contributed by atoms with Crippen LogP contribution in [0.1, 0.15) is 35.9 Å². The summed E-state index contributed by atoms with van der Waals surface area (Å²) >= 11 is 0. The van der Waals surface area contributed by atoms with Gasteiger partial charge in [0.1, 0.15) is 0 Å². The number of hydrogen-bond donors (Lipinski definition) is 1. The van der Waals surface area contributed by atoms with Gasteiger partial charge in [0.15, 0.2) is 12.7 Å². The molecule has 7 nitrogen and oxygen atoms in total. The summed E-state index contributed by atoms with van der Waals surface area (Å²) in [7, 11) is 1.40. The minimum absolute atomic E-state index is 0.0617. The highest BCUT2D eigenvalue weighted by Crippen LogP contribution is 2.18. The van der Waals surface area contributed by atoms with E-state index in [1.165, 1.54) is 7.11 Å². The first-order valence-electron chi connectivity index (χ1n) is 9.43. The van der Waals surface area contributed by atoms with Crippen molar-refractivity contribution in [2.45, 2.75) is 20.0 Å². The van der Waals surface area contributed by atoms with E-state index in [0.717, 1.165) is 0 Å². The van der Waals surface area contributed by atoms with Gasteiger partial charge in [-0.3, -0.25) is 9.59 Å². The molecule has 154 valence electrons. The number of rotatable bonds is 9. The lowest BCUT2D eigenvalue weighted by molar-refractivity contribution is -0.158. The summed E-state index contributed by atoms with van der Waals surface area (Å²) in [6.07, 6.45) is -0.894. The third kappa shape index (κ3) is 6.15. The van der Waals surface area contributed by atoms with Crippen LogP contribution in [0.2, 0.25) is 0 Å². The van der Waals surface area contributed by atoms with Crippen molar-refractivity contribution in [1.29, 1.82) is 0 Å². The standard InChI is InChI=1S/C22H26N2O5/c1-4-24(5-2)21(26)17-11-13-18(14-12-17)23-19(25)15-29-22(27)20(28-3)16-9-7-6-8-10-16/h6-14,20H,4-5,15H2,1-3H3,(H,23,25)/t20-/m0/s1. The fraction of sp³-hybridized carbons (Fsp3) is 0.318. The topological polar surface area (TPSA) is 84.9 Å². The molecule has 1 atom stereocenters. The monoisotopic (exact) mass is 398 g/mol. The first-order valence-corrected chi connectivity index (χ1v) is 9.43. The number of esters is 1. The van der Waals surface area contributed by atoms with E-state index in [2.05, 4.69) is 5.32 Å². The molecular formula is C22H26N2O5. The first-order chi connectivity index (χ1) is 14.0. The second-order valence-corrected chi connectivity index (χ2v) is 6.24. The Morgan fingerprint density at radius 2 is 1.59 bits per heavy atom. The van der Waals surface area contributed by atoms with Crippen LogP contribution in [0, 0.1) is 0 Å². The molecule has 0 bridgehead atoms. The van der Waals surface area contributed by atoms with E-state index in [0.29, 0.717) is 29.9 Å². The molecule has 2 rings (SSSR count). The zero-order valence-corrected chi connectivity index (χ0v) is 16.9. The molecule has 7 heteroatoms. The van der Waals surface area contributed by atoms with Gasteiger partial charge in [-0.15, -0.1) is 0 Å². The number of ether oxygens (including phenoxy) is 2. The molecule has 0 saturated heterocycles. The van der Waals surface area contributed by atoms with Crippen LogP contribution in [-0.4, -0.2) is 49.5 Å². The number of anilines is 1. The van der Waals surface area contributed by atoms with E-state index < -0.39 is 24.6 Å². The van der Waals surface area contributed by atoms with Crippen LogP contribution in [0.3, 0.4) is 0 Å². The quantitative estimate of drug-likeness (QED) is 0.657. The molecule has 0 unspecified atom stereocenters. The molecule has 0 spiro atoms. The Labute approximate surface area is 170 Å². The molecule has 0 aliphatic heterocycles. The van der Waals surface area contributed by atoms with Gasteiger partial charge in [-0.2, -0.15) is 0 Å². The number of methoxy groups -OCH3 is 1. The minimum Gasteiger partial charge on any atom is -0.453 e. The number of amides is 2. The number of nitrogens with zero attached hydrogens (tertiary/aromatic N) is 1. The van der Waals surface area contributed by atoms with Gasteiger partial charge in [-0.05, 0) is 43.7 Å². The Morgan fingerprint density at radius 3 is 2.14 bits per heavy atom. The predicted molar refractivity (Wildman–Crippen MR) is 109 cm³/mol. The maximum Gasteiger partial charge on any atom is 0.340 e. The van der Waals surface area contributed by atoms with Crippen molar-refractivity contribution >= 4 is 23.5 Å². The molecule has 0 radical (unpaired) electrons. The smallest absolute Gasteiger partial charge is 0.340 e. The van der Waals surface area contributed by atoms with Gasteiger partial charge < -0.3 is 19.7 Å². The molecule has 0 heterocycles. The minimum atomic E-state index is -0.894. The van der Waals surface area contributed by atoms with Gasteiger partial charge in [0.25, 0.3) is 11.8 Å². The maximum atomic E-state index is 12.3. The van der Waals surface area contributed by atoms with Gasteiger partial charge in [0.2, 0.25) is 0 Å². The summed E-state index contributed by atoms with van der Waals surface area (Å²) in [6.45, 7) is 4.66. The van der Waals surface area contributed by atoms with Crippen LogP contribution in [-0.2, 0) is 19.1 Å². The van der Waals surface area contributed by atoms with Gasteiger partial charge in [0, 0.05) is 31.5 Å². The van der Waals surface area contributed by atoms with Crippen molar-refractivity contribution in [3.05, 3.63) is 65.7 Å². The third-order valence-corrected chi connectivity index (χ3v) is 4.36. The summed E-state index contributed by atoms with van der Waals surface area (Å²) < 4.78 is 10.2. The summed E-state index contributed by atoms with van der Waals surface area (Å²) in [6, 6.07) is 15.5. The summed E-state index contributed by atoms with van der Waals surface area (Å²) in [4.78, 5) is 38.3. The van der Waals surface area contributed by atoms with E-state index in [1.807, 2.05) is 19.9 Å². The number of carbonyl (C=O) groups excluding carboxylic acids is 3. The molecule has 2 aromatic carbocycles. The molecule has 2 aromatic rings. The molecule has 0 aliphatic rings. The Morgan fingerprint density at radius 1 is 0.966 bits per heavy atom. The summed E-state index contributed by atoms with van der Waals surface area (Å²) in [5, 5.41) is 2.64. The van der Waals surface area contributed by atoms with Gasteiger partial charge >= 0.3 is 5.97 Å². The summed E-state index contributed by atoms with van der Waals surface area (Å²) in [5.74, 6) is -1.19. The lowest BCUT2D eigenvalue weighted by atomic mass is 10.1. The van der Waals surface area contributed by atoms with Crippen molar-refractivity contribution in [3.63, 3.8) is 0 Å². The normalized spacial score (nSPS) is 11.4. The van der Waals surface area contributed by atoms with Crippen molar-refractivity contribution in [2.75, 3.05) is 32.1 Å². The Hall–Kier alpha value is -3.19. The van der Waals surface area contributed by atoms with Gasteiger partial charge in [0.05, 0.1) is 0 Å². The SMILES string of the molecule is CCN(CC)C(=O)c1ccc(NC(=O)COC(=O)[C@@H](OC)c2ccccc2)cc1. The predicted octanol–water partition coefficient (Wildman–Crippen LogP) is 3.04. The third-order valence-electron chi connectivity index (χ3n) is 4.36. The number of carbonyl (C=O) groups is 3. The van der Waals surface area contributed by atoms with Crippen LogP contribution >= 0.6 is 0 Å². The molecule has 29 heavy (non-hydrogen) atoms. The van der Waals surface area contributed by atoms with Crippen molar-refractivity contribution in [3.8, 4) is 0 Å². The average molecular weight is 398 g/mol. The zero-order valence-electron chi connectivity index (χ0n) is 16.9. The zero-order chi connectivity index (χ0) is 21.2. The highest BCUT2D eigenvalue weighted by molar-refractivity contribution is 5.96.